The van der Waals surface area contributed by atoms with E-state index in [1.165, 1.54) is 11.1 Å². The third-order valence-corrected chi connectivity index (χ3v) is 3.92. The van der Waals surface area contributed by atoms with Crippen molar-refractivity contribution in [1.82, 2.24) is 0 Å². The molecule has 2 rings (SSSR count). The van der Waals surface area contributed by atoms with Crippen molar-refractivity contribution < 1.29 is 0 Å². The van der Waals surface area contributed by atoms with E-state index in [4.69, 9.17) is 4.99 Å². The molecule has 1 aliphatic carbocycles. The van der Waals surface area contributed by atoms with Gasteiger partial charge in [0.05, 0.1) is 11.4 Å². The van der Waals surface area contributed by atoms with Crippen LogP contribution in [0.2, 0.25) is 0 Å². The molecule has 1 nitrogen and oxygen atoms in total. The lowest BCUT2D eigenvalue weighted by molar-refractivity contribution is 0.832. The molecule has 0 aliphatic heterocycles. The van der Waals surface area contributed by atoms with Gasteiger partial charge in [0.15, 0.2) is 0 Å². The summed E-state index contributed by atoms with van der Waals surface area (Å²) in [5, 5.41) is 0. The SMILES string of the molecule is C=C/C=C\C(C)/C(=N/C(=C)C1=C(C=C)CC1)c1ccccc1. The zero-order valence-electron chi connectivity index (χ0n) is 13.3. The van der Waals surface area contributed by atoms with Crippen LogP contribution in [-0.4, -0.2) is 5.71 Å². The molecule has 0 N–H and O–H groups in total. The number of nitrogens with zero attached hydrogens (tertiary/aromatic N) is 1. The maximum Gasteiger partial charge on any atom is 0.0596 e. The van der Waals surface area contributed by atoms with E-state index in [-0.39, 0.29) is 5.92 Å². The third-order valence-electron chi connectivity index (χ3n) is 3.92. The minimum Gasteiger partial charge on any atom is -0.253 e. The second-order valence-corrected chi connectivity index (χ2v) is 5.43. The first-order chi connectivity index (χ1) is 10.7. The number of hydrogen-bond donors (Lipinski definition) is 0. The van der Waals surface area contributed by atoms with E-state index in [1.54, 1.807) is 6.08 Å². The summed E-state index contributed by atoms with van der Waals surface area (Å²) in [5.41, 5.74) is 5.54. The molecule has 0 heterocycles. The van der Waals surface area contributed by atoms with E-state index < -0.39 is 0 Å². The van der Waals surface area contributed by atoms with Gasteiger partial charge in [0.1, 0.15) is 0 Å². The van der Waals surface area contributed by atoms with Crippen molar-refractivity contribution in [1.29, 1.82) is 0 Å². The van der Waals surface area contributed by atoms with Gasteiger partial charge < -0.3 is 0 Å². The first kappa shape index (κ1) is 16.0. The summed E-state index contributed by atoms with van der Waals surface area (Å²) in [6.45, 7) is 13.9. The Balaban J connectivity index is 2.38. The predicted molar refractivity (Wildman–Crippen MR) is 97.1 cm³/mol. The summed E-state index contributed by atoms with van der Waals surface area (Å²) >= 11 is 0. The highest BCUT2D eigenvalue weighted by atomic mass is 14.8. The van der Waals surface area contributed by atoms with Crippen LogP contribution in [0.25, 0.3) is 0 Å². The zero-order valence-corrected chi connectivity index (χ0v) is 13.3. The highest BCUT2D eigenvalue weighted by Crippen LogP contribution is 2.34. The van der Waals surface area contributed by atoms with E-state index in [2.05, 4.69) is 44.9 Å². The van der Waals surface area contributed by atoms with Crippen molar-refractivity contribution >= 4 is 5.71 Å². The Bertz CT molecular complexity index is 656. The molecule has 1 aromatic rings. The van der Waals surface area contributed by atoms with Gasteiger partial charge in [-0.2, -0.15) is 0 Å². The number of rotatable bonds is 7. The molecule has 0 radical (unpaired) electrons. The van der Waals surface area contributed by atoms with Crippen LogP contribution in [0.3, 0.4) is 0 Å². The molecule has 0 saturated carbocycles. The smallest absolute Gasteiger partial charge is 0.0596 e. The molecule has 22 heavy (non-hydrogen) atoms. The number of hydrogen-bond acceptors (Lipinski definition) is 1. The first-order valence-electron chi connectivity index (χ1n) is 7.64. The fraction of sp³-hybridized carbons (Fsp3) is 0.190. The molecule has 112 valence electrons. The van der Waals surface area contributed by atoms with Crippen molar-refractivity contribution in [3.05, 3.63) is 96.8 Å². The van der Waals surface area contributed by atoms with Gasteiger partial charge in [0, 0.05) is 5.92 Å². The van der Waals surface area contributed by atoms with Gasteiger partial charge in [-0.15, -0.1) is 0 Å². The Morgan fingerprint density at radius 2 is 1.91 bits per heavy atom. The summed E-state index contributed by atoms with van der Waals surface area (Å²) in [6, 6.07) is 10.3. The molecule has 1 unspecified atom stereocenters. The van der Waals surface area contributed by atoms with E-state index >= 15 is 0 Å². The fourth-order valence-electron chi connectivity index (χ4n) is 2.54. The monoisotopic (exact) mass is 289 g/mol. The Kier molecular flexibility index (Phi) is 5.48. The lowest BCUT2D eigenvalue weighted by Gasteiger charge is -2.22. The molecule has 0 saturated heterocycles. The molecule has 0 aromatic heterocycles. The van der Waals surface area contributed by atoms with Crippen molar-refractivity contribution in [2.75, 3.05) is 0 Å². The molecule has 0 bridgehead atoms. The van der Waals surface area contributed by atoms with Crippen molar-refractivity contribution in [2.45, 2.75) is 19.8 Å². The topological polar surface area (TPSA) is 12.4 Å². The molecule has 0 fully saturated rings. The second kappa shape index (κ2) is 7.56. The van der Waals surface area contributed by atoms with Crippen molar-refractivity contribution in [2.24, 2.45) is 10.9 Å². The van der Waals surface area contributed by atoms with Crippen LogP contribution >= 0.6 is 0 Å². The van der Waals surface area contributed by atoms with Gasteiger partial charge >= 0.3 is 0 Å². The van der Waals surface area contributed by atoms with E-state index in [9.17, 15) is 0 Å². The standard InChI is InChI=1S/C21H23N/c1-5-7-11-16(3)21(19-12-9-8-10-13-19)22-17(4)20-15-14-18(20)6-2/h5-13,16H,1-2,4,14-15H2,3H3/b11-7-,22-21-. The van der Waals surface area contributed by atoms with Crippen LogP contribution in [0.15, 0.2) is 96.2 Å². The van der Waals surface area contributed by atoms with E-state index in [0.717, 1.165) is 29.8 Å². The van der Waals surface area contributed by atoms with E-state index in [0.29, 0.717) is 0 Å². The first-order valence-corrected chi connectivity index (χ1v) is 7.64. The van der Waals surface area contributed by atoms with E-state index in [1.807, 2.05) is 30.4 Å². The molecule has 1 heteroatoms. The van der Waals surface area contributed by atoms with Crippen LogP contribution in [0.5, 0.6) is 0 Å². The highest BCUT2D eigenvalue weighted by molar-refractivity contribution is 6.03. The molecular weight excluding hydrogens is 266 g/mol. The van der Waals surface area contributed by atoms with Gasteiger partial charge in [-0.3, -0.25) is 4.99 Å². The average molecular weight is 289 g/mol. The Morgan fingerprint density at radius 3 is 2.45 bits per heavy atom. The maximum absolute atomic E-state index is 4.85. The molecule has 0 amide bonds. The summed E-state index contributed by atoms with van der Waals surface area (Å²) < 4.78 is 0. The largest absolute Gasteiger partial charge is 0.253 e. The van der Waals surface area contributed by atoms with Crippen LogP contribution in [0.4, 0.5) is 0 Å². The summed E-state index contributed by atoms with van der Waals surface area (Å²) in [5.74, 6) is 0.199. The number of benzene rings is 1. The minimum atomic E-state index is 0.199. The molecule has 1 aliphatic rings. The Hall–Kier alpha value is -2.41. The molecule has 0 spiro atoms. The number of allylic oxidation sites excluding steroid dienone is 6. The second-order valence-electron chi connectivity index (χ2n) is 5.43. The summed E-state index contributed by atoms with van der Waals surface area (Å²) in [4.78, 5) is 4.85. The number of aliphatic imine (C=N–C) groups is 1. The predicted octanol–water partition coefficient (Wildman–Crippen LogP) is 5.64. The van der Waals surface area contributed by atoms with Crippen LogP contribution < -0.4 is 0 Å². The van der Waals surface area contributed by atoms with Crippen LogP contribution in [-0.2, 0) is 0 Å². The molecule has 1 aromatic carbocycles. The van der Waals surface area contributed by atoms with Gasteiger partial charge in [-0.05, 0) is 29.6 Å². The summed E-state index contributed by atoms with van der Waals surface area (Å²) in [7, 11) is 0. The quantitative estimate of drug-likeness (QED) is 0.454. The lowest BCUT2D eigenvalue weighted by Crippen LogP contribution is -2.12. The summed E-state index contributed by atoms with van der Waals surface area (Å²) in [6.07, 6.45) is 9.91. The van der Waals surface area contributed by atoms with Gasteiger partial charge in [-0.25, -0.2) is 0 Å². The van der Waals surface area contributed by atoms with Crippen LogP contribution in [0, 0.1) is 5.92 Å². The lowest BCUT2D eigenvalue weighted by atomic mass is 9.86. The maximum atomic E-state index is 4.85. The zero-order chi connectivity index (χ0) is 15.9. The van der Waals surface area contributed by atoms with Gasteiger partial charge in [0.2, 0.25) is 0 Å². The van der Waals surface area contributed by atoms with Crippen molar-refractivity contribution in [3.8, 4) is 0 Å². The van der Waals surface area contributed by atoms with Crippen molar-refractivity contribution in [3.63, 3.8) is 0 Å². The normalized spacial score (nSPS) is 16.3. The Labute approximate surface area is 133 Å². The third kappa shape index (κ3) is 3.62. The molecular formula is C21H23N. The molecule has 1 atom stereocenters. The average Bonchev–Trinajstić information content (AvgIpc) is 2.50. The van der Waals surface area contributed by atoms with Gasteiger partial charge in [-0.1, -0.05) is 81.3 Å². The fourth-order valence-corrected chi connectivity index (χ4v) is 2.54. The van der Waals surface area contributed by atoms with Crippen LogP contribution in [0.1, 0.15) is 25.3 Å². The highest BCUT2D eigenvalue weighted by Gasteiger charge is 2.18. The van der Waals surface area contributed by atoms with Gasteiger partial charge in [0.25, 0.3) is 0 Å². The minimum absolute atomic E-state index is 0.199. The Morgan fingerprint density at radius 1 is 1.18 bits per heavy atom.